The number of hydrogen-bond acceptors (Lipinski definition) is 6. The van der Waals surface area contributed by atoms with Gasteiger partial charge in [-0.05, 0) is 32.0 Å². The van der Waals surface area contributed by atoms with Crippen molar-refractivity contribution < 1.29 is 19.1 Å². The van der Waals surface area contributed by atoms with Gasteiger partial charge in [-0.25, -0.2) is 9.97 Å². The molecule has 0 bridgehead atoms. The van der Waals surface area contributed by atoms with E-state index in [1.807, 2.05) is 30.5 Å². The molecule has 2 heterocycles. The Labute approximate surface area is 150 Å². The largest absolute Gasteiger partial charge is 0.458 e. The Morgan fingerprint density at radius 3 is 2.69 bits per heavy atom. The monoisotopic (exact) mass is 353 g/mol. The van der Waals surface area contributed by atoms with Crippen LogP contribution in [0, 0.1) is 0 Å². The number of aldehydes is 1. The minimum atomic E-state index is -0.664. The topological polar surface area (TPSA) is 83.3 Å². The summed E-state index contributed by atoms with van der Waals surface area (Å²) in [5.74, 6) is 0.658. The molecule has 1 aromatic carbocycles. The van der Waals surface area contributed by atoms with Gasteiger partial charge < -0.3 is 14.0 Å². The van der Waals surface area contributed by atoms with Crippen LogP contribution in [0.25, 0.3) is 11.0 Å². The van der Waals surface area contributed by atoms with Crippen LogP contribution in [0.3, 0.4) is 0 Å². The van der Waals surface area contributed by atoms with E-state index in [-0.39, 0.29) is 5.97 Å². The molecular weight excluding hydrogens is 334 g/mol. The third-order valence-corrected chi connectivity index (χ3v) is 3.68. The van der Waals surface area contributed by atoms with Gasteiger partial charge in [0.2, 0.25) is 5.88 Å². The van der Waals surface area contributed by atoms with Crippen molar-refractivity contribution in [3.05, 3.63) is 48.4 Å². The Morgan fingerprint density at radius 2 is 2.04 bits per heavy atom. The zero-order valence-electron chi connectivity index (χ0n) is 14.8. The average Bonchev–Trinajstić information content (AvgIpc) is 2.96. The lowest BCUT2D eigenvalue weighted by molar-refractivity contribution is -0.154. The van der Waals surface area contributed by atoms with E-state index in [1.165, 1.54) is 13.1 Å². The van der Waals surface area contributed by atoms with Crippen LogP contribution < -0.4 is 4.74 Å². The van der Waals surface area contributed by atoms with Crippen LogP contribution in [0.1, 0.15) is 31.1 Å². The fourth-order valence-corrected chi connectivity index (χ4v) is 2.70. The Bertz CT molecular complexity index is 945. The number of fused-ring (bicyclic) bond motifs is 1. The van der Waals surface area contributed by atoms with E-state index in [0.29, 0.717) is 23.7 Å². The first kappa shape index (κ1) is 17.6. The van der Waals surface area contributed by atoms with Crippen LogP contribution in [0.4, 0.5) is 0 Å². The maximum Gasteiger partial charge on any atom is 0.303 e. The second kappa shape index (κ2) is 6.95. The van der Waals surface area contributed by atoms with Gasteiger partial charge in [-0.15, -0.1) is 0 Å². The fourth-order valence-electron chi connectivity index (χ4n) is 2.70. The highest BCUT2D eigenvalue weighted by Gasteiger charge is 2.23. The minimum absolute atomic E-state index is 0.326. The van der Waals surface area contributed by atoms with Crippen LogP contribution in [0.15, 0.2) is 42.9 Å². The first-order valence-electron chi connectivity index (χ1n) is 8.10. The number of pyridine rings is 1. The highest BCUT2D eigenvalue weighted by molar-refractivity contribution is 5.77. The molecule has 0 spiro atoms. The van der Waals surface area contributed by atoms with Gasteiger partial charge in [0.05, 0.1) is 23.9 Å². The zero-order chi connectivity index (χ0) is 18.7. The highest BCUT2D eigenvalue weighted by atomic mass is 16.6. The summed E-state index contributed by atoms with van der Waals surface area (Å²) in [6, 6.07) is 8.77. The second-order valence-electron chi connectivity index (χ2n) is 6.53. The van der Waals surface area contributed by atoms with Crippen LogP contribution >= 0.6 is 0 Å². The number of esters is 1. The van der Waals surface area contributed by atoms with Crippen molar-refractivity contribution in [3.63, 3.8) is 0 Å². The molecule has 3 rings (SSSR count). The van der Waals surface area contributed by atoms with E-state index in [2.05, 4.69) is 9.97 Å². The molecule has 2 aromatic heterocycles. The molecule has 0 radical (unpaired) electrons. The number of ether oxygens (including phenoxy) is 2. The maximum absolute atomic E-state index is 11.3. The standard InChI is InChI=1S/C19H19N3O4/c1-13(24)26-19(2,3)11-22-12-21-16-6-5-15(8-17(16)22)25-18-7-4-14(10-23)9-20-18/h4-10,12H,11H2,1-3H3. The first-order chi connectivity index (χ1) is 12.4. The van der Waals surface area contributed by atoms with Crippen LogP contribution in [-0.2, 0) is 16.1 Å². The Morgan fingerprint density at radius 1 is 1.23 bits per heavy atom. The number of benzene rings is 1. The molecule has 0 saturated heterocycles. The van der Waals surface area contributed by atoms with Gasteiger partial charge in [-0.3, -0.25) is 9.59 Å². The number of nitrogens with zero attached hydrogens (tertiary/aromatic N) is 3. The predicted octanol–water partition coefficient (Wildman–Crippen LogP) is 3.38. The summed E-state index contributed by atoms with van der Waals surface area (Å²) in [6.45, 7) is 5.54. The molecule has 0 aliphatic heterocycles. The predicted molar refractivity (Wildman–Crippen MR) is 95.3 cm³/mol. The summed E-state index contributed by atoms with van der Waals surface area (Å²) in [4.78, 5) is 30.4. The molecule has 0 amide bonds. The van der Waals surface area contributed by atoms with E-state index in [0.717, 1.165) is 17.3 Å². The smallest absolute Gasteiger partial charge is 0.303 e. The summed E-state index contributed by atoms with van der Waals surface area (Å²) < 4.78 is 13.0. The molecule has 0 aliphatic rings. The van der Waals surface area contributed by atoms with Crippen molar-refractivity contribution in [1.82, 2.24) is 14.5 Å². The number of carbonyl (C=O) groups is 2. The van der Waals surface area contributed by atoms with Gasteiger partial charge in [0.1, 0.15) is 11.4 Å². The maximum atomic E-state index is 11.3. The number of aromatic nitrogens is 3. The van der Waals surface area contributed by atoms with E-state index >= 15 is 0 Å². The van der Waals surface area contributed by atoms with Gasteiger partial charge in [-0.2, -0.15) is 0 Å². The lowest BCUT2D eigenvalue weighted by atomic mass is 10.1. The highest BCUT2D eigenvalue weighted by Crippen LogP contribution is 2.25. The van der Waals surface area contributed by atoms with Crippen molar-refractivity contribution in [3.8, 4) is 11.6 Å². The molecular formula is C19H19N3O4. The second-order valence-corrected chi connectivity index (χ2v) is 6.53. The summed E-state index contributed by atoms with van der Waals surface area (Å²) >= 11 is 0. The van der Waals surface area contributed by atoms with E-state index in [9.17, 15) is 9.59 Å². The SMILES string of the molecule is CC(=O)OC(C)(C)Cn1cnc2ccc(Oc3ccc(C=O)cn3)cc21. The van der Waals surface area contributed by atoms with Crippen molar-refractivity contribution >= 4 is 23.3 Å². The minimum Gasteiger partial charge on any atom is -0.458 e. The molecule has 0 N–H and O–H groups in total. The van der Waals surface area contributed by atoms with E-state index in [4.69, 9.17) is 9.47 Å². The molecule has 0 aliphatic carbocycles. The lowest BCUT2D eigenvalue weighted by Crippen LogP contribution is -2.32. The molecule has 7 nitrogen and oxygen atoms in total. The number of rotatable bonds is 6. The normalized spacial score (nSPS) is 11.3. The van der Waals surface area contributed by atoms with Crippen molar-refractivity contribution in [2.75, 3.05) is 0 Å². The van der Waals surface area contributed by atoms with Gasteiger partial charge in [0.25, 0.3) is 0 Å². The van der Waals surface area contributed by atoms with Gasteiger partial charge in [-0.1, -0.05) is 0 Å². The van der Waals surface area contributed by atoms with Crippen molar-refractivity contribution in [1.29, 1.82) is 0 Å². The first-order valence-corrected chi connectivity index (χ1v) is 8.10. The molecule has 0 fully saturated rings. The van der Waals surface area contributed by atoms with Gasteiger partial charge in [0, 0.05) is 30.8 Å². The third-order valence-electron chi connectivity index (χ3n) is 3.68. The van der Waals surface area contributed by atoms with Crippen molar-refractivity contribution in [2.45, 2.75) is 32.9 Å². The number of hydrogen-bond donors (Lipinski definition) is 0. The van der Waals surface area contributed by atoms with Gasteiger partial charge >= 0.3 is 5.97 Å². The van der Waals surface area contributed by atoms with E-state index < -0.39 is 5.60 Å². The molecule has 26 heavy (non-hydrogen) atoms. The zero-order valence-corrected chi connectivity index (χ0v) is 14.8. The van der Waals surface area contributed by atoms with Gasteiger partial charge in [0.15, 0.2) is 6.29 Å². The Kier molecular flexibility index (Phi) is 4.71. The summed E-state index contributed by atoms with van der Waals surface area (Å²) in [5, 5.41) is 0. The summed E-state index contributed by atoms with van der Waals surface area (Å²) in [6.07, 6.45) is 3.88. The quantitative estimate of drug-likeness (QED) is 0.499. The van der Waals surface area contributed by atoms with Crippen LogP contribution in [0.5, 0.6) is 11.6 Å². The lowest BCUT2D eigenvalue weighted by Gasteiger charge is -2.25. The number of carbonyl (C=O) groups excluding carboxylic acids is 2. The molecule has 0 saturated carbocycles. The van der Waals surface area contributed by atoms with Crippen LogP contribution in [-0.4, -0.2) is 32.4 Å². The summed E-state index contributed by atoms with van der Waals surface area (Å²) in [5.41, 5.74) is 1.48. The average molecular weight is 353 g/mol. The molecule has 7 heteroatoms. The number of imidazole rings is 1. The molecule has 0 atom stereocenters. The fraction of sp³-hybridized carbons (Fsp3) is 0.263. The molecule has 0 unspecified atom stereocenters. The van der Waals surface area contributed by atoms with E-state index in [1.54, 1.807) is 24.5 Å². The Balaban J connectivity index is 1.85. The molecule has 134 valence electrons. The Hall–Kier alpha value is -3.22. The summed E-state index contributed by atoms with van der Waals surface area (Å²) in [7, 11) is 0. The molecule has 3 aromatic rings. The third kappa shape index (κ3) is 4.05. The van der Waals surface area contributed by atoms with Crippen molar-refractivity contribution in [2.24, 2.45) is 0 Å². The van der Waals surface area contributed by atoms with Crippen LogP contribution in [0.2, 0.25) is 0 Å².